The molecule has 1 rings (SSSR count). The molecule has 1 aromatic heterocycles. The Hall–Kier alpha value is -1.32. The number of carbonyl (C=O) groups is 1. The summed E-state index contributed by atoms with van der Waals surface area (Å²) >= 11 is 0. The van der Waals surface area contributed by atoms with Crippen LogP contribution in [0.1, 0.15) is 38.6 Å². The number of rotatable bonds is 5. The monoisotopic (exact) mass is 209 g/mol. The third kappa shape index (κ3) is 3.73. The maximum atomic E-state index is 11.3. The van der Waals surface area contributed by atoms with Crippen LogP contribution in [-0.4, -0.2) is 16.1 Å². The molecule has 15 heavy (non-hydrogen) atoms. The van der Waals surface area contributed by atoms with Crippen LogP contribution in [0.15, 0.2) is 6.07 Å². The van der Waals surface area contributed by atoms with Gasteiger partial charge in [0.1, 0.15) is 0 Å². The van der Waals surface area contributed by atoms with Gasteiger partial charge in [0.25, 0.3) is 0 Å². The zero-order chi connectivity index (χ0) is 11.3. The van der Waals surface area contributed by atoms with Crippen molar-refractivity contribution in [2.45, 2.75) is 40.2 Å². The average Bonchev–Trinajstić information content (AvgIpc) is 2.62. The predicted octanol–water partition coefficient (Wildman–Crippen LogP) is 1.63. The molecule has 0 spiro atoms. The molecule has 1 amide bonds. The molecule has 0 aliphatic heterocycles. The van der Waals surface area contributed by atoms with Crippen LogP contribution in [0.2, 0.25) is 0 Å². The first-order chi connectivity index (χ1) is 7.13. The summed E-state index contributed by atoms with van der Waals surface area (Å²) in [5.74, 6) is 0.102. The van der Waals surface area contributed by atoms with Crippen LogP contribution < -0.4 is 5.32 Å². The second kappa shape index (κ2) is 5.53. The molecule has 1 heterocycles. The fourth-order valence-electron chi connectivity index (χ4n) is 1.27. The van der Waals surface area contributed by atoms with E-state index < -0.39 is 0 Å². The molecule has 0 radical (unpaired) electrons. The molecule has 0 aliphatic rings. The molecular formula is C11H19N3O. The molecule has 0 saturated heterocycles. The van der Waals surface area contributed by atoms with E-state index in [4.69, 9.17) is 0 Å². The maximum absolute atomic E-state index is 11.3. The largest absolute Gasteiger partial charge is 0.350 e. The van der Waals surface area contributed by atoms with Crippen molar-refractivity contribution in [3.05, 3.63) is 17.5 Å². The van der Waals surface area contributed by atoms with Crippen molar-refractivity contribution in [3.63, 3.8) is 0 Å². The minimum atomic E-state index is 0.0306. The van der Waals surface area contributed by atoms with Gasteiger partial charge in [-0.3, -0.25) is 9.89 Å². The van der Waals surface area contributed by atoms with Crippen LogP contribution in [0.25, 0.3) is 0 Å². The van der Waals surface area contributed by atoms with Crippen LogP contribution in [0.4, 0.5) is 0 Å². The Bertz CT molecular complexity index is 317. The van der Waals surface area contributed by atoms with E-state index in [2.05, 4.69) is 22.4 Å². The Labute approximate surface area is 90.5 Å². The Morgan fingerprint density at radius 3 is 2.93 bits per heavy atom. The lowest BCUT2D eigenvalue weighted by Gasteiger charge is -2.05. The quantitative estimate of drug-likeness (QED) is 0.774. The Balaban J connectivity index is 2.40. The highest BCUT2D eigenvalue weighted by Gasteiger charge is 2.06. The number of hydrogen-bond donors (Lipinski definition) is 2. The summed E-state index contributed by atoms with van der Waals surface area (Å²) in [5, 5.41) is 9.92. The molecule has 1 aromatic rings. The lowest BCUT2D eigenvalue weighted by molar-refractivity contribution is -0.124. The zero-order valence-electron chi connectivity index (χ0n) is 9.63. The van der Waals surface area contributed by atoms with Gasteiger partial charge in [-0.05, 0) is 12.5 Å². The summed E-state index contributed by atoms with van der Waals surface area (Å²) < 4.78 is 0. The first-order valence-electron chi connectivity index (χ1n) is 5.44. The Morgan fingerprint density at radius 2 is 2.33 bits per heavy atom. The van der Waals surface area contributed by atoms with Crippen molar-refractivity contribution >= 4 is 5.91 Å². The normalized spacial score (nSPS) is 10.7. The summed E-state index contributed by atoms with van der Waals surface area (Å²) in [6, 6.07) is 2.00. The van der Waals surface area contributed by atoms with Gasteiger partial charge in [-0.2, -0.15) is 5.10 Å². The summed E-state index contributed by atoms with van der Waals surface area (Å²) in [6.07, 6.45) is 2.07. The van der Waals surface area contributed by atoms with Gasteiger partial charge in [0.2, 0.25) is 5.91 Å². The molecule has 0 atom stereocenters. The Kier molecular flexibility index (Phi) is 4.34. The van der Waals surface area contributed by atoms with E-state index in [0.717, 1.165) is 24.2 Å². The van der Waals surface area contributed by atoms with Crippen LogP contribution >= 0.6 is 0 Å². The van der Waals surface area contributed by atoms with Gasteiger partial charge in [0.15, 0.2) is 0 Å². The number of aryl methyl sites for hydroxylation is 1. The number of amides is 1. The lowest BCUT2D eigenvalue weighted by atomic mass is 10.2. The molecule has 0 fully saturated rings. The van der Waals surface area contributed by atoms with E-state index in [1.54, 1.807) is 0 Å². The minimum Gasteiger partial charge on any atom is -0.350 e. The van der Waals surface area contributed by atoms with Crippen molar-refractivity contribution in [2.24, 2.45) is 5.92 Å². The average molecular weight is 209 g/mol. The van der Waals surface area contributed by atoms with Crippen LogP contribution in [0.5, 0.6) is 0 Å². The third-order valence-electron chi connectivity index (χ3n) is 2.17. The first-order valence-corrected chi connectivity index (χ1v) is 5.44. The maximum Gasteiger partial charge on any atom is 0.222 e. The van der Waals surface area contributed by atoms with Gasteiger partial charge >= 0.3 is 0 Å². The predicted molar refractivity (Wildman–Crippen MR) is 59.3 cm³/mol. The van der Waals surface area contributed by atoms with Gasteiger partial charge in [-0.1, -0.05) is 27.2 Å². The molecule has 4 heteroatoms. The SMILES string of the molecule is CCCc1cc(CNC(=O)C(C)C)[nH]n1. The highest BCUT2D eigenvalue weighted by Crippen LogP contribution is 2.02. The topological polar surface area (TPSA) is 57.8 Å². The summed E-state index contributed by atoms with van der Waals surface area (Å²) in [6.45, 7) is 6.41. The number of H-pyrrole nitrogens is 1. The molecule has 4 nitrogen and oxygen atoms in total. The molecule has 0 aromatic carbocycles. The number of aromatic amines is 1. The number of carbonyl (C=O) groups excluding carboxylic acids is 1. The molecule has 0 unspecified atom stereocenters. The highest BCUT2D eigenvalue weighted by atomic mass is 16.1. The van der Waals surface area contributed by atoms with E-state index in [9.17, 15) is 4.79 Å². The van der Waals surface area contributed by atoms with Crippen molar-refractivity contribution in [1.29, 1.82) is 0 Å². The lowest BCUT2D eigenvalue weighted by Crippen LogP contribution is -2.27. The van der Waals surface area contributed by atoms with E-state index in [-0.39, 0.29) is 11.8 Å². The number of hydrogen-bond acceptors (Lipinski definition) is 2. The summed E-state index contributed by atoms with van der Waals surface area (Å²) in [7, 11) is 0. The van der Waals surface area contributed by atoms with Crippen LogP contribution in [0.3, 0.4) is 0 Å². The number of nitrogens with zero attached hydrogens (tertiary/aromatic N) is 1. The highest BCUT2D eigenvalue weighted by molar-refractivity contribution is 5.77. The fraction of sp³-hybridized carbons (Fsp3) is 0.636. The molecular weight excluding hydrogens is 190 g/mol. The molecule has 0 bridgehead atoms. The van der Waals surface area contributed by atoms with E-state index in [1.807, 2.05) is 19.9 Å². The molecule has 84 valence electrons. The standard InChI is InChI=1S/C11H19N3O/c1-4-5-9-6-10(14-13-9)7-12-11(15)8(2)3/h6,8H,4-5,7H2,1-3H3,(H,12,15)(H,13,14). The van der Waals surface area contributed by atoms with Gasteiger partial charge in [0.05, 0.1) is 17.9 Å². The van der Waals surface area contributed by atoms with Gasteiger partial charge in [-0.25, -0.2) is 0 Å². The van der Waals surface area contributed by atoms with Gasteiger partial charge < -0.3 is 5.32 Å². The zero-order valence-corrected chi connectivity index (χ0v) is 9.63. The molecule has 2 N–H and O–H groups in total. The number of nitrogens with one attached hydrogen (secondary N) is 2. The van der Waals surface area contributed by atoms with E-state index in [1.165, 1.54) is 0 Å². The molecule has 0 saturated carbocycles. The third-order valence-corrected chi connectivity index (χ3v) is 2.17. The second-order valence-corrected chi connectivity index (χ2v) is 4.01. The van der Waals surface area contributed by atoms with Crippen molar-refractivity contribution in [1.82, 2.24) is 15.5 Å². The van der Waals surface area contributed by atoms with Crippen LogP contribution in [-0.2, 0) is 17.8 Å². The smallest absolute Gasteiger partial charge is 0.222 e. The second-order valence-electron chi connectivity index (χ2n) is 4.01. The summed E-state index contributed by atoms with van der Waals surface area (Å²) in [5.41, 5.74) is 2.03. The summed E-state index contributed by atoms with van der Waals surface area (Å²) in [4.78, 5) is 11.3. The Morgan fingerprint density at radius 1 is 1.60 bits per heavy atom. The fourth-order valence-corrected chi connectivity index (χ4v) is 1.27. The van der Waals surface area contributed by atoms with E-state index in [0.29, 0.717) is 6.54 Å². The number of aromatic nitrogens is 2. The minimum absolute atomic E-state index is 0.0306. The van der Waals surface area contributed by atoms with Crippen molar-refractivity contribution < 1.29 is 4.79 Å². The van der Waals surface area contributed by atoms with Crippen LogP contribution in [0, 0.1) is 5.92 Å². The van der Waals surface area contributed by atoms with E-state index >= 15 is 0 Å². The van der Waals surface area contributed by atoms with Crippen molar-refractivity contribution in [3.8, 4) is 0 Å². The van der Waals surface area contributed by atoms with Gasteiger partial charge in [-0.15, -0.1) is 0 Å². The van der Waals surface area contributed by atoms with Gasteiger partial charge in [0, 0.05) is 5.92 Å². The molecule has 0 aliphatic carbocycles. The first kappa shape index (κ1) is 11.8. The van der Waals surface area contributed by atoms with Crippen molar-refractivity contribution in [2.75, 3.05) is 0 Å².